The maximum atomic E-state index is 13.1. The number of nitrogens with zero attached hydrogens (tertiary/aromatic N) is 3. The van der Waals surface area contributed by atoms with Crippen LogP contribution in [0.15, 0.2) is 54.6 Å². The number of allylic oxidation sites excluding steroid dienone is 2. The summed E-state index contributed by atoms with van der Waals surface area (Å²) >= 11 is 0. The van der Waals surface area contributed by atoms with Crippen LogP contribution in [0.2, 0.25) is 0 Å². The van der Waals surface area contributed by atoms with E-state index in [-0.39, 0.29) is 60.4 Å². The van der Waals surface area contributed by atoms with Crippen LogP contribution in [-0.4, -0.2) is 34.9 Å². The van der Waals surface area contributed by atoms with Gasteiger partial charge in [0.1, 0.15) is 5.69 Å². The highest BCUT2D eigenvalue weighted by molar-refractivity contribution is 6.22. The second kappa shape index (κ2) is 8.98. The number of carbonyl (C=O) groups is 2. The first-order chi connectivity index (χ1) is 17.5. The van der Waals surface area contributed by atoms with Crippen LogP contribution in [0.5, 0.6) is 0 Å². The normalized spacial score (nSPS) is 23.4. The average molecular weight is 515 g/mol. The summed E-state index contributed by atoms with van der Waals surface area (Å²) in [6.07, 6.45) is 0.209. The lowest BCUT2D eigenvalue weighted by Gasteiger charge is -2.39. The van der Waals surface area contributed by atoms with E-state index in [0.29, 0.717) is 12.8 Å². The van der Waals surface area contributed by atoms with Crippen molar-refractivity contribution in [3.63, 3.8) is 0 Å². The molecule has 2 heterocycles. The molecule has 11 heteroatoms. The van der Waals surface area contributed by atoms with Crippen LogP contribution in [0, 0.1) is 22.0 Å². The van der Waals surface area contributed by atoms with Gasteiger partial charge in [-0.2, -0.15) is 13.2 Å². The summed E-state index contributed by atoms with van der Waals surface area (Å²) in [6, 6.07) is 8.75. The average Bonchev–Trinajstić information content (AvgIpc) is 3.14. The molecule has 37 heavy (non-hydrogen) atoms. The lowest BCUT2D eigenvalue weighted by molar-refractivity contribution is -0.384. The molecule has 2 fully saturated rings. The van der Waals surface area contributed by atoms with E-state index in [1.807, 2.05) is 12.2 Å². The number of amides is 2. The van der Waals surface area contributed by atoms with E-state index < -0.39 is 34.1 Å². The van der Waals surface area contributed by atoms with Crippen LogP contribution >= 0.6 is 0 Å². The van der Waals surface area contributed by atoms with Gasteiger partial charge in [-0.1, -0.05) is 24.3 Å². The van der Waals surface area contributed by atoms with Crippen molar-refractivity contribution in [2.75, 3.05) is 22.9 Å². The summed E-state index contributed by atoms with van der Waals surface area (Å²) in [6.45, 7) is 0.314. The Bertz CT molecular complexity index is 1270. The van der Waals surface area contributed by atoms with E-state index in [9.17, 15) is 38.0 Å². The van der Waals surface area contributed by atoms with Crippen molar-refractivity contribution in [2.45, 2.75) is 37.5 Å². The fourth-order valence-electron chi connectivity index (χ4n) is 5.51. The Labute approximate surface area is 210 Å². The fraction of sp³-hybridized carbons (Fsp3) is 0.385. The number of hydrogen-bond donors (Lipinski definition) is 1. The number of rotatable bonds is 4. The highest BCUT2D eigenvalue weighted by Gasteiger charge is 2.48. The lowest BCUT2D eigenvalue weighted by Crippen LogP contribution is -2.43. The van der Waals surface area contributed by atoms with Gasteiger partial charge in [0.05, 0.1) is 33.6 Å². The van der Waals surface area contributed by atoms with Crippen LogP contribution in [0.4, 0.5) is 30.2 Å². The van der Waals surface area contributed by atoms with Crippen LogP contribution in [-0.2, 0) is 21.4 Å². The SMILES string of the molecule is O=C1[C@H]2CC=CC[C@@H]2C(=O)N1c1ccc(N2CCC(O)(c3cccc(C(F)(F)F)c3)CC2)c([N+](=O)[O-])c1. The molecule has 2 amide bonds. The number of halogens is 3. The van der Waals surface area contributed by atoms with Crippen LogP contribution in [0.1, 0.15) is 36.8 Å². The molecule has 8 nitrogen and oxygen atoms in total. The molecule has 0 unspecified atom stereocenters. The minimum atomic E-state index is -4.54. The molecule has 3 aliphatic rings. The molecule has 2 atom stereocenters. The van der Waals surface area contributed by atoms with Gasteiger partial charge in [-0.3, -0.25) is 19.7 Å². The summed E-state index contributed by atoms with van der Waals surface area (Å²) in [4.78, 5) is 39.9. The quantitative estimate of drug-likeness (QED) is 0.277. The summed E-state index contributed by atoms with van der Waals surface area (Å²) < 4.78 is 39.4. The number of carbonyl (C=O) groups excluding carboxylic acids is 2. The van der Waals surface area contributed by atoms with Gasteiger partial charge in [-0.15, -0.1) is 0 Å². The molecular formula is C26H24F3N3O5. The molecule has 0 saturated carbocycles. The number of nitro groups is 1. The van der Waals surface area contributed by atoms with Crippen molar-refractivity contribution in [1.29, 1.82) is 0 Å². The molecule has 2 saturated heterocycles. The maximum absolute atomic E-state index is 13.1. The van der Waals surface area contributed by atoms with Crippen LogP contribution in [0.25, 0.3) is 0 Å². The maximum Gasteiger partial charge on any atom is 0.416 e. The number of alkyl halides is 3. The lowest BCUT2D eigenvalue weighted by atomic mass is 9.83. The third-order valence-corrected chi connectivity index (χ3v) is 7.58. The van der Waals surface area contributed by atoms with Crippen molar-refractivity contribution in [2.24, 2.45) is 11.8 Å². The number of fused-ring (bicyclic) bond motifs is 1. The van der Waals surface area contributed by atoms with Gasteiger partial charge in [-0.05, 0) is 55.5 Å². The van der Waals surface area contributed by atoms with E-state index in [4.69, 9.17) is 0 Å². The zero-order valence-corrected chi connectivity index (χ0v) is 19.6. The van der Waals surface area contributed by atoms with Gasteiger partial charge in [0.15, 0.2) is 0 Å². The van der Waals surface area contributed by atoms with Gasteiger partial charge < -0.3 is 10.0 Å². The van der Waals surface area contributed by atoms with E-state index >= 15 is 0 Å². The topological polar surface area (TPSA) is 104 Å². The fourth-order valence-corrected chi connectivity index (χ4v) is 5.51. The molecule has 0 spiro atoms. The summed E-state index contributed by atoms with van der Waals surface area (Å²) in [7, 11) is 0. The minimum Gasteiger partial charge on any atom is -0.385 e. The Morgan fingerprint density at radius 1 is 0.973 bits per heavy atom. The molecule has 194 valence electrons. The molecule has 0 aromatic heterocycles. The zero-order chi connectivity index (χ0) is 26.5. The van der Waals surface area contributed by atoms with Crippen molar-refractivity contribution in [3.05, 3.63) is 75.9 Å². The van der Waals surface area contributed by atoms with Crippen LogP contribution < -0.4 is 9.80 Å². The Hall–Kier alpha value is -3.73. The standard InChI is InChI=1S/C26H24F3N3O5/c27-26(28,29)17-5-3-4-16(14-17)25(35)10-12-30(13-11-25)21-9-8-18(15-22(21)32(36)37)31-23(33)19-6-1-2-7-20(19)24(31)34/h1-5,8-9,14-15,19-20,35H,6-7,10-13H2/t19-,20-/m0/s1. The van der Waals surface area contributed by atoms with Gasteiger partial charge in [-0.25, -0.2) is 4.90 Å². The minimum absolute atomic E-state index is 0.0622. The molecular weight excluding hydrogens is 491 g/mol. The van der Waals surface area contributed by atoms with Crippen molar-refractivity contribution in [3.8, 4) is 0 Å². The second-order valence-electron chi connectivity index (χ2n) is 9.70. The molecule has 2 aromatic rings. The smallest absolute Gasteiger partial charge is 0.385 e. The molecule has 0 bridgehead atoms. The van der Waals surface area contributed by atoms with E-state index in [0.717, 1.165) is 17.0 Å². The number of nitro benzene ring substituents is 1. The Balaban J connectivity index is 1.38. The van der Waals surface area contributed by atoms with Crippen molar-refractivity contribution in [1.82, 2.24) is 0 Å². The summed E-state index contributed by atoms with van der Waals surface area (Å²) in [5.41, 5.74) is -2.13. The van der Waals surface area contributed by atoms with Gasteiger partial charge in [0.2, 0.25) is 11.8 Å². The second-order valence-corrected chi connectivity index (χ2v) is 9.70. The van der Waals surface area contributed by atoms with Crippen LogP contribution in [0.3, 0.4) is 0 Å². The number of anilines is 2. The van der Waals surface area contributed by atoms with E-state index in [1.54, 1.807) is 4.90 Å². The van der Waals surface area contributed by atoms with Crippen molar-refractivity contribution < 1.29 is 32.8 Å². The first-order valence-electron chi connectivity index (χ1n) is 12.0. The number of benzene rings is 2. The predicted octanol–water partition coefficient (Wildman–Crippen LogP) is 4.56. The van der Waals surface area contributed by atoms with E-state index in [1.165, 1.54) is 30.3 Å². The zero-order valence-electron chi connectivity index (χ0n) is 19.6. The first kappa shape index (κ1) is 24.9. The Kier molecular flexibility index (Phi) is 6.06. The molecule has 1 aliphatic carbocycles. The molecule has 1 N–H and O–H groups in total. The molecule has 5 rings (SSSR count). The third-order valence-electron chi connectivity index (χ3n) is 7.58. The Morgan fingerprint density at radius 2 is 1.59 bits per heavy atom. The van der Waals surface area contributed by atoms with Crippen molar-refractivity contribution >= 4 is 28.9 Å². The summed E-state index contributed by atoms with van der Waals surface area (Å²) in [5, 5.41) is 23.1. The number of hydrogen-bond acceptors (Lipinski definition) is 6. The first-order valence-corrected chi connectivity index (χ1v) is 12.0. The third kappa shape index (κ3) is 4.37. The van der Waals surface area contributed by atoms with Gasteiger partial charge in [0.25, 0.3) is 5.69 Å². The highest BCUT2D eigenvalue weighted by Crippen LogP contribution is 2.42. The molecule has 0 radical (unpaired) electrons. The predicted molar refractivity (Wildman–Crippen MR) is 128 cm³/mol. The largest absolute Gasteiger partial charge is 0.416 e. The van der Waals surface area contributed by atoms with Gasteiger partial charge >= 0.3 is 6.18 Å². The monoisotopic (exact) mass is 515 g/mol. The summed E-state index contributed by atoms with van der Waals surface area (Å²) in [5.74, 6) is -1.67. The Morgan fingerprint density at radius 3 is 2.16 bits per heavy atom. The number of piperidine rings is 1. The number of aliphatic hydroxyl groups is 1. The molecule has 2 aliphatic heterocycles. The van der Waals surface area contributed by atoms with E-state index in [2.05, 4.69) is 0 Å². The highest BCUT2D eigenvalue weighted by atomic mass is 19.4. The molecule has 2 aromatic carbocycles. The van der Waals surface area contributed by atoms with Gasteiger partial charge in [0, 0.05) is 19.2 Å². The number of imide groups is 1.